The summed E-state index contributed by atoms with van der Waals surface area (Å²) in [6.45, 7) is 6.89. The molecule has 1 aliphatic carbocycles. The van der Waals surface area contributed by atoms with Crippen molar-refractivity contribution in [3.8, 4) is 0 Å². The lowest BCUT2D eigenvalue weighted by Gasteiger charge is -2.34. The summed E-state index contributed by atoms with van der Waals surface area (Å²) in [5.74, 6) is 0.390. The van der Waals surface area contributed by atoms with Gasteiger partial charge in [-0.3, -0.25) is 14.4 Å². The van der Waals surface area contributed by atoms with Gasteiger partial charge in [-0.1, -0.05) is 13.8 Å². The third-order valence-electron chi connectivity index (χ3n) is 5.08. The van der Waals surface area contributed by atoms with Gasteiger partial charge in [0, 0.05) is 32.7 Å². The van der Waals surface area contributed by atoms with Crippen LogP contribution in [0.1, 0.15) is 37.2 Å². The van der Waals surface area contributed by atoms with Crippen LogP contribution in [0.5, 0.6) is 0 Å². The first-order valence-electron chi connectivity index (χ1n) is 9.36. The minimum atomic E-state index is -0.193. The zero-order chi connectivity index (χ0) is 18.7. The molecule has 26 heavy (non-hydrogen) atoms. The first-order valence-corrected chi connectivity index (χ1v) is 9.36. The van der Waals surface area contributed by atoms with Gasteiger partial charge in [0.05, 0.1) is 18.1 Å². The highest BCUT2D eigenvalue weighted by Crippen LogP contribution is 2.40. The van der Waals surface area contributed by atoms with E-state index >= 15 is 0 Å². The average Bonchev–Trinajstić information content (AvgIpc) is 3.25. The quantitative estimate of drug-likeness (QED) is 0.829. The van der Waals surface area contributed by atoms with Crippen molar-refractivity contribution in [1.29, 1.82) is 0 Å². The molecule has 7 nitrogen and oxygen atoms in total. The van der Waals surface area contributed by atoms with Crippen molar-refractivity contribution in [3.63, 3.8) is 0 Å². The molecular weight excluding hydrogens is 334 g/mol. The predicted octanol–water partition coefficient (Wildman–Crippen LogP) is 1.36. The molecule has 2 unspecified atom stereocenters. The number of nitrogens with zero attached hydrogens (tertiary/aromatic N) is 2. The minimum Gasteiger partial charge on any atom is -0.459 e. The molecule has 1 N–H and O–H groups in total. The van der Waals surface area contributed by atoms with E-state index in [4.69, 9.17) is 4.42 Å². The standard InChI is InChI=1S/C19H27N3O4/c1-13(2)5-6-20-17(23)14-12-15(14)18(24)21-7-9-22(10-8-21)19(25)16-4-3-11-26-16/h3-4,11,13-15H,5-10,12H2,1-2H3,(H,20,23). The van der Waals surface area contributed by atoms with E-state index in [0.29, 0.717) is 50.8 Å². The predicted molar refractivity (Wildman–Crippen MR) is 95.3 cm³/mol. The van der Waals surface area contributed by atoms with Crippen LogP contribution in [0, 0.1) is 17.8 Å². The van der Waals surface area contributed by atoms with Crippen molar-refractivity contribution < 1.29 is 18.8 Å². The van der Waals surface area contributed by atoms with Crippen LogP contribution in [-0.4, -0.2) is 60.2 Å². The zero-order valence-corrected chi connectivity index (χ0v) is 15.4. The van der Waals surface area contributed by atoms with Gasteiger partial charge in [0.1, 0.15) is 0 Å². The minimum absolute atomic E-state index is 0.00404. The fourth-order valence-corrected chi connectivity index (χ4v) is 3.29. The van der Waals surface area contributed by atoms with E-state index in [0.717, 1.165) is 6.42 Å². The molecule has 2 atom stereocenters. The van der Waals surface area contributed by atoms with Crippen LogP contribution in [0.25, 0.3) is 0 Å². The molecule has 2 heterocycles. The third-order valence-corrected chi connectivity index (χ3v) is 5.08. The molecule has 0 aromatic carbocycles. The van der Waals surface area contributed by atoms with Gasteiger partial charge in [0.15, 0.2) is 5.76 Å². The van der Waals surface area contributed by atoms with Crippen LogP contribution in [-0.2, 0) is 9.59 Å². The lowest BCUT2D eigenvalue weighted by Crippen LogP contribution is -2.51. The van der Waals surface area contributed by atoms with Gasteiger partial charge < -0.3 is 19.5 Å². The highest BCUT2D eigenvalue weighted by atomic mass is 16.3. The molecule has 0 radical (unpaired) electrons. The molecule has 3 rings (SSSR count). The van der Waals surface area contributed by atoms with E-state index in [-0.39, 0.29) is 29.6 Å². The lowest BCUT2D eigenvalue weighted by atomic mass is 10.1. The molecule has 1 saturated heterocycles. The Labute approximate surface area is 153 Å². The number of carbonyl (C=O) groups excluding carboxylic acids is 3. The number of hydrogen-bond acceptors (Lipinski definition) is 4. The summed E-state index contributed by atoms with van der Waals surface area (Å²) in [5, 5.41) is 2.93. The van der Waals surface area contributed by atoms with E-state index in [9.17, 15) is 14.4 Å². The Morgan fingerprint density at radius 1 is 1.15 bits per heavy atom. The molecule has 142 valence electrons. The second-order valence-electron chi connectivity index (χ2n) is 7.52. The maximum Gasteiger partial charge on any atom is 0.289 e. The van der Waals surface area contributed by atoms with Crippen molar-refractivity contribution >= 4 is 17.7 Å². The molecule has 0 bridgehead atoms. The number of carbonyl (C=O) groups is 3. The van der Waals surface area contributed by atoms with Gasteiger partial charge >= 0.3 is 0 Å². The molecule has 2 aliphatic rings. The summed E-state index contributed by atoms with van der Waals surface area (Å²) in [6, 6.07) is 3.33. The fraction of sp³-hybridized carbons (Fsp3) is 0.632. The summed E-state index contributed by atoms with van der Waals surface area (Å²) < 4.78 is 5.14. The molecule has 0 spiro atoms. The normalized spacial score (nSPS) is 22.4. The first kappa shape index (κ1) is 18.5. The summed E-state index contributed by atoms with van der Waals surface area (Å²) >= 11 is 0. The van der Waals surface area contributed by atoms with Crippen LogP contribution in [0.2, 0.25) is 0 Å². The van der Waals surface area contributed by atoms with Crippen LogP contribution in [0.3, 0.4) is 0 Å². The molecule has 2 fully saturated rings. The Bertz CT molecular complexity index is 648. The number of amides is 3. The van der Waals surface area contributed by atoms with E-state index in [2.05, 4.69) is 19.2 Å². The topological polar surface area (TPSA) is 82.9 Å². The molecule has 1 aliphatic heterocycles. The van der Waals surface area contributed by atoms with Gasteiger partial charge in [-0.05, 0) is 30.9 Å². The molecule has 1 aromatic rings. The number of piperazine rings is 1. The van der Waals surface area contributed by atoms with Crippen LogP contribution in [0.4, 0.5) is 0 Å². The molecular formula is C19H27N3O4. The molecule has 7 heteroatoms. The number of rotatable bonds is 6. The number of nitrogens with one attached hydrogen (secondary N) is 1. The van der Waals surface area contributed by atoms with Crippen molar-refractivity contribution in [3.05, 3.63) is 24.2 Å². The third kappa shape index (κ3) is 4.26. The highest BCUT2D eigenvalue weighted by molar-refractivity contribution is 5.93. The Morgan fingerprint density at radius 2 is 1.85 bits per heavy atom. The summed E-state index contributed by atoms with van der Waals surface area (Å²) in [5.41, 5.74) is 0. The molecule has 3 amide bonds. The number of hydrogen-bond donors (Lipinski definition) is 1. The second kappa shape index (κ2) is 7.93. The Morgan fingerprint density at radius 3 is 2.46 bits per heavy atom. The highest BCUT2D eigenvalue weighted by Gasteiger charge is 2.49. The zero-order valence-electron chi connectivity index (χ0n) is 15.4. The first-order chi connectivity index (χ1) is 12.5. The molecule has 1 aromatic heterocycles. The second-order valence-corrected chi connectivity index (χ2v) is 7.52. The maximum atomic E-state index is 12.6. The van der Waals surface area contributed by atoms with Crippen molar-refractivity contribution in [1.82, 2.24) is 15.1 Å². The maximum absolute atomic E-state index is 12.6. The van der Waals surface area contributed by atoms with Gasteiger partial charge in [0.2, 0.25) is 11.8 Å². The number of furan rings is 1. The smallest absolute Gasteiger partial charge is 0.289 e. The largest absolute Gasteiger partial charge is 0.459 e. The SMILES string of the molecule is CC(C)CCNC(=O)C1CC1C(=O)N1CCN(C(=O)c2ccco2)CC1. The Hall–Kier alpha value is -2.31. The summed E-state index contributed by atoms with van der Waals surface area (Å²) in [6.07, 6.45) is 3.06. The van der Waals surface area contributed by atoms with Gasteiger partial charge in [-0.25, -0.2) is 0 Å². The monoisotopic (exact) mass is 361 g/mol. The van der Waals surface area contributed by atoms with Crippen LogP contribution in [0.15, 0.2) is 22.8 Å². The van der Waals surface area contributed by atoms with Crippen LogP contribution >= 0.6 is 0 Å². The Balaban J connectivity index is 1.42. The Kier molecular flexibility index (Phi) is 5.64. The lowest BCUT2D eigenvalue weighted by molar-refractivity contribution is -0.136. The van der Waals surface area contributed by atoms with Gasteiger partial charge in [-0.2, -0.15) is 0 Å². The average molecular weight is 361 g/mol. The van der Waals surface area contributed by atoms with Crippen molar-refractivity contribution in [2.75, 3.05) is 32.7 Å². The van der Waals surface area contributed by atoms with Crippen molar-refractivity contribution in [2.24, 2.45) is 17.8 Å². The van der Waals surface area contributed by atoms with Gasteiger partial charge in [0.25, 0.3) is 5.91 Å². The summed E-state index contributed by atoms with van der Waals surface area (Å²) in [7, 11) is 0. The fourth-order valence-electron chi connectivity index (χ4n) is 3.29. The van der Waals surface area contributed by atoms with E-state index in [1.807, 2.05) is 0 Å². The summed E-state index contributed by atoms with van der Waals surface area (Å²) in [4.78, 5) is 40.4. The van der Waals surface area contributed by atoms with E-state index < -0.39 is 0 Å². The van der Waals surface area contributed by atoms with Crippen LogP contribution < -0.4 is 5.32 Å². The van der Waals surface area contributed by atoms with E-state index in [1.54, 1.807) is 21.9 Å². The van der Waals surface area contributed by atoms with Gasteiger partial charge in [-0.15, -0.1) is 0 Å². The van der Waals surface area contributed by atoms with E-state index in [1.165, 1.54) is 6.26 Å². The molecule has 1 saturated carbocycles. The van der Waals surface area contributed by atoms with Crippen molar-refractivity contribution in [2.45, 2.75) is 26.7 Å².